The van der Waals surface area contributed by atoms with Gasteiger partial charge in [-0.2, -0.15) is 0 Å². The Morgan fingerprint density at radius 3 is 2.37 bits per heavy atom. The molecular formula is C19H16FNO5S. The van der Waals surface area contributed by atoms with Gasteiger partial charge in [0.05, 0.1) is 37.5 Å². The van der Waals surface area contributed by atoms with Gasteiger partial charge in [-0.1, -0.05) is 6.07 Å². The summed E-state index contributed by atoms with van der Waals surface area (Å²) in [5, 5.41) is 3.03. The summed E-state index contributed by atoms with van der Waals surface area (Å²) in [6.07, 6.45) is 0. The van der Waals surface area contributed by atoms with Gasteiger partial charge in [0.15, 0.2) is 11.5 Å². The molecule has 1 heterocycles. The predicted octanol–water partition coefficient (Wildman–Crippen LogP) is 4.10. The number of anilines is 1. The van der Waals surface area contributed by atoms with Crippen molar-refractivity contribution in [3.05, 3.63) is 52.7 Å². The number of halogens is 1. The van der Waals surface area contributed by atoms with E-state index in [0.717, 1.165) is 11.3 Å². The van der Waals surface area contributed by atoms with Crippen molar-refractivity contribution in [1.29, 1.82) is 0 Å². The average Bonchev–Trinajstić information content (AvgIpc) is 3.13. The van der Waals surface area contributed by atoms with E-state index in [1.54, 1.807) is 12.1 Å². The van der Waals surface area contributed by atoms with Crippen molar-refractivity contribution in [2.24, 2.45) is 0 Å². The molecule has 27 heavy (non-hydrogen) atoms. The van der Waals surface area contributed by atoms with Crippen LogP contribution in [-0.4, -0.2) is 33.2 Å². The Bertz CT molecular complexity index is 1030. The number of esters is 1. The fourth-order valence-electron chi connectivity index (χ4n) is 2.58. The molecule has 1 amide bonds. The molecule has 2 aromatic carbocycles. The minimum atomic E-state index is -0.645. The highest BCUT2D eigenvalue weighted by Gasteiger charge is 2.20. The van der Waals surface area contributed by atoms with Crippen LogP contribution in [0.25, 0.3) is 10.1 Å². The van der Waals surface area contributed by atoms with Crippen LogP contribution in [0.2, 0.25) is 0 Å². The molecule has 1 N–H and O–H groups in total. The normalized spacial score (nSPS) is 10.5. The van der Waals surface area contributed by atoms with Crippen molar-refractivity contribution < 1.29 is 28.2 Å². The Hall–Kier alpha value is -3.13. The predicted molar refractivity (Wildman–Crippen MR) is 101 cm³/mol. The van der Waals surface area contributed by atoms with Gasteiger partial charge < -0.3 is 19.5 Å². The van der Waals surface area contributed by atoms with Crippen LogP contribution in [0.5, 0.6) is 11.5 Å². The van der Waals surface area contributed by atoms with Gasteiger partial charge in [0.2, 0.25) is 0 Å². The summed E-state index contributed by atoms with van der Waals surface area (Å²) in [5.41, 5.74) is 0.304. The summed E-state index contributed by atoms with van der Waals surface area (Å²) >= 11 is 1.15. The van der Waals surface area contributed by atoms with Crippen LogP contribution in [0.1, 0.15) is 20.0 Å². The van der Waals surface area contributed by atoms with E-state index in [2.05, 4.69) is 5.32 Å². The third-order valence-corrected chi connectivity index (χ3v) is 5.01. The number of amides is 1. The second kappa shape index (κ2) is 7.63. The maximum atomic E-state index is 13.9. The number of carbonyl (C=O) groups is 2. The van der Waals surface area contributed by atoms with E-state index in [9.17, 15) is 14.0 Å². The van der Waals surface area contributed by atoms with Crippen LogP contribution >= 0.6 is 11.3 Å². The number of ether oxygens (including phenoxy) is 3. The maximum Gasteiger partial charge on any atom is 0.340 e. The van der Waals surface area contributed by atoms with E-state index < -0.39 is 17.7 Å². The monoisotopic (exact) mass is 389 g/mol. The molecule has 3 aromatic rings. The van der Waals surface area contributed by atoms with Crippen molar-refractivity contribution in [2.45, 2.75) is 0 Å². The van der Waals surface area contributed by atoms with Gasteiger partial charge in [0.25, 0.3) is 5.91 Å². The first-order valence-electron chi connectivity index (χ1n) is 7.82. The van der Waals surface area contributed by atoms with Crippen LogP contribution in [-0.2, 0) is 4.74 Å². The number of thiophene rings is 1. The van der Waals surface area contributed by atoms with Crippen molar-refractivity contribution in [1.82, 2.24) is 0 Å². The van der Waals surface area contributed by atoms with Crippen molar-refractivity contribution in [3.8, 4) is 11.5 Å². The molecule has 1 aromatic heterocycles. The molecule has 0 aliphatic rings. The zero-order chi connectivity index (χ0) is 19.6. The lowest BCUT2D eigenvalue weighted by molar-refractivity contribution is 0.0601. The van der Waals surface area contributed by atoms with E-state index in [1.165, 1.54) is 45.6 Å². The van der Waals surface area contributed by atoms with Gasteiger partial charge in [-0.3, -0.25) is 4.79 Å². The highest BCUT2D eigenvalue weighted by atomic mass is 32.1. The molecule has 0 aliphatic heterocycles. The van der Waals surface area contributed by atoms with Gasteiger partial charge in [0, 0.05) is 22.2 Å². The topological polar surface area (TPSA) is 73.9 Å². The van der Waals surface area contributed by atoms with E-state index in [1.807, 2.05) is 0 Å². The third kappa shape index (κ3) is 3.56. The lowest BCUT2D eigenvalue weighted by Gasteiger charge is -2.14. The smallest absolute Gasteiger partial charge is 0.340 e. The molecule has 0 atom stereocenters. The summed E-state index contributed by atoms with van der Waals surface area (Å²) in [7, 11) is 4.11. The molecule has 0 unspecified atom stereocenters. The first kappa shape index (κ1) is 18.7. The number of carbonyl (C=O) groups excluding carboxylic acids is 2. The number of hydrogen-bond donors (Lipinski definition) is 1. The van der Waals surface area contributed by atoms with Crippen molar-refractivity contribution >= 4 is 39.0 Å². The molecule has 0 saturated carbocycles. The molecule has 8 heteroatoms. The summed E-state index contributed by atoms with van der Waals surface area (Å²) in [4.78, 5) is 25.1. The zero-order valence-corrected chi connectivity index (χ0v) is 15.6. The summed E-state index contributed by atoms with van der Waals surface area (Å²) in [6.45, 7) is 0. The lowest BCUT2D eigenvalue weighted by atomic mass is 10.1. The fourth-order valence-corrected chi connectivity index (χ4v) is 3.55. The molecule has 0 radical (unpaired) electrons. The van der Waals surface area contributed by atoms with Gasteiger partial charge in [0.1, 0.15) is 5.82 Å². The van der Waals surface area contributed by atoms with E-state index in [-0.39, 0.29) is 11.3 Å². The maximum absolute atomic E-state index is 13.9. The second-order valence-corrected chi connectivity index (χ2v) is 6.54. The molecule has 140 valence electrons. The first-order chi connectivity index (χ1) is 13.0. The lowest BCUT2D eigenvalue weighted by Crippen LogP contribution is -2.15. The average molecular weight is 389 g/mol. The van der Waals surface area contributed by atoms with Crippen LogP contribution in [0.4, 0.5) is 10.1 Å². The number of fused-ring (bicyclic) bond motifs is 1. The zero-order valence-electron chi connectivity index (χ0n) is 14.8. The first-order valence-corrected chi connectivity index (χ1v) is 8.64. The third-order valence-electron chi connectivity index (χ3n) is 3.91. The Morgan fingerprint density at radius 1 is 1.04 bits per heavy atom. The Labute approximate surface area is 158 Å². The SMILES string of the molecule is COC(=O)c1cc(OC)c(OC)cc1NC(=O)c1cc2c(F)cccc2s1. The Morgan fingerprint density at radius 2 is 1.74 bits per heavy atom. The Kier molecular flexibility index (Phi) is 5.27. The minimum absolute atomic E-state index is 0.107. The number of nitrogens with one attached hydrogen (secondary N) is 1. The number of rotatable bonds is 5. The number of hydrogen-bond acceptors (Lipinski definition) is 6. The highest BCUT2D eigenvalue weighted by molar-refractivity contribution is 7.20. The Balaban J connectivity index is 2.00. The van der Waals surface area contributed by atoms with Gasteiger partial charge in [-0.15, -0.1) is 11.3 Å². The van der Waals surface area contributed by atoms with E-state index in [4.69, 9.17) is 14.2 Å². The number of methoxy groups -OCH3 is 3. The molecule has 0 fully saturated rings. The molecule has 0 saturated heterocycles. The second-order valence-electron chi connectivity index (χ2n) is 5.46. The molecule has 0 aliphatic carbocycles. The molecule has 0 bridgehead atoms. The minimum Gasteiger partial charge on any atom is -0.493 e. The van der Waals surface area contributed by atoms with E-state index in [0.29, 0.717) is 26.5 Å². The fraction of sp³-hybridized carbons (Fsp3) is 0.158. The summed E-state index contributed by atoms with van der Waals surface area (Å²) < 4.78 is 29.7. The van der Waals surface area contributed by atoms with Gasteiger partial charge >= 0.3 is 5.97 Å². The van der Waals surface area contributed by atoms with Crippen LogP contribution in [0, 0.1) is 5.82 Å². The van der Waals surface area contributed by atoms with Crippen LogP contribution in [0.15, 0.2) is 36.4 Å². The molecule has 0 spiro atoms. The van der Waals surface area contributed by atoms with Gasteiger partial charge in [-0.25, -0.2) is 9.18 Å². The standard InChI is InChI=1S/C19H16FNO5S/c1-24-14-7-11(19(23)26-3)13(9-15(14)25-2)21-18(22)17-8-10-12(20)5-4-6-16(10)27-17/h4-9H,1-3H3,(H,21,22). The van der Waals surface area contributed by atoms with Crippen molar-refractivity contribution in [3.63, 3.8) is 0 Å². The molecule has 6 nitrogen and oxygen atoms in total. The quantitative estimate of drug-likeness (QED) is 0.665. The summed E-state index contributed by atoms with van der Waals surface area (Å²) in [6, 6.07) is 9.02. The van der Waals surface area contributed by atoms with E-state index >= 15 is 0 Å². The van der Waals surface area contributed by atoms with Gasteiger partial charge in [-0.05, 0) is 18.2 Å². The largest absolute Gasteiger partial charge is 0.493 e. The number of benzene rings is 2. The van der Waals surface area contributed by atoms with Crippen LogP contribution < -0.4 is 14.8 Å². The molecular weight excluding hydrogens is 373 g/mol. The molecule has 3 rings (SSSR count). The van der Waals surface area contributed by atoms with Crippen molar-refractivity contribution in [2.75, 3.05) is 26.6 Å². The summed E-state index contributed by atoms with van der Waals surface area (Å²) in [5.74, 6) is -0.867. The highest BCUT2D eigenvalue weighted by Crippen LogP contribution is 2.35. The van der Waals surface area contributed by atoms with Crippen LogP contribution in [0.3, 0.4) is 0 Å².